The third-order valence-corrected chi connectivity index (χ3v) is 7.41. The average molecular weight is 467 g/mol. The molecular formula is C23H23ClN6OS. The number of fused-ring (bicyclic) bond motifs is 2. The molecule has 1 aromatic carbocycles. The first kappa shape index (κ1) is 21.2. The standard InChI is InChI=1S/C23H23ClN6OS/c1-22(31,20-26-8-10-32-20)6-5-15-3-4-16-18(11-15)30(14-23(16)7-9-29(2)13-23)19-17(24)12-27-21(25)28-19/h3-4,8,10-12,31H,7,9,13-14H2,1-2H3,(H2,25,27,28)/t22-,23+/m1/s1. The highest BCUT2D eigenvalue weighted by atomic mass is 35.5. The third kappa shape index (κ3) is 3.61. The molecule has 3 N–H and O–H groups in total. The predicted octanol–water partition coefficient (Wildman–Crippen LogP) is 3.15. The quantitative estimate of drug-likeness (QED) is 0.560. The fourth-order valence-corrected chi connectivity index (χ4v) is 5.49. The van der Waals surface area contributed by atoms with Crippen molar-refractivity contribution in [3.8, 4) is 11.8 Å². The number of hydrogen-bond acceptors (Lipinski definition) is 8. The Bertz CT molecular complexity index is 1240. The maximum absolute atomic E-state index is 10.7. The molecule has 0 unspecified atom stereocenters. The highest BCUT2D eigenvalue weighted by Gasteiger charge is 2.47. The summed E-state index contributed by atoms with van der Waals surface area (Å²) in [6, 6.07) is 6.21. The zero-order chi connectivity index (χ0) is 22.5. The van der Waals surface area contributed by atoms with Crippen LogP contribution in [0.15, 0.2) is 36.0 Å². The molecule has 2 aliphatic heterocycles. The molecule has 9 heteroatoms. The zero-order valence-corrected chi connectivity index (χ0v) is 19.4. The number of hydrogen-bond donors (Lipinski definition) is 2. The number of likely N-dealkylation sites (N-methyl/N-ethyl adjacent to an activating group) is 1. The minimum atomic E-state index is -1.31. The van der Waals surface area contributed by atoms with Crippen LogP contribution in [0, 0.1) is 11.8 Å². The molecule has 0 radical (unpaired) electrons. The van der Waals surface area contributed by atoms with Crippen molar-refractivity contribution < 1.29 is 5.11 Å². The van der Waals surface area contributed by atoms with Crippen LogP contribution in [0.5, 0.6) is 0 Å². The van der Waals surface area contributed by atoms with E-state index in [4.69, 9.17) is 17.3 Å². The summed E-state index contributed by atoms with van der Waals surface area (Å²) >= 11 is 7.87. The summed E-state index contributed by atoms with van der Waals surface area (Å²) in [6.07, 6.45) is 4.26. The molecule has 4 heterocycles. The van der Waals surface area contributed by atoms with Crippen LogP contribution in [-0.4, -0.2) is 51.6 Å². The van der Waals surface area contributed by atoms with Gasteiger partial charge in [0.25, 0.3) is 0 Å². The number of likely N-dealkylation sites (tertiary alicyclic amines) is 1. The normalized spacial score (nSPS) is 21.9. The maximum Gasteiger partial charge on any atom is 0.222 e. The van der Waals surface area contributed by atoms with E-state index in [1.54, 1.807) is 19.3 Å². The fourth-order valence-electron chi connectivity index (χ4n) is 4.64. The van der Waals surface area contributed by atoms with Crippen LogP contribution in [0.1, 0.15) is 29.5 Å². The van der Waals surface area contributed by atoms with Gasteiger partial charge < -0.3 is 20.6 Å². The fraction of sp³-hybridized carbons (Fsp3) is 0.348. The molecule has 32 heavy (non-hydrogen) atoms. The summed E-state index contributed by atoms with van der Waals surface area (Å²) in [5.41, 5.74) is 7.63. The smallest absolute Gasteiger partial charge is 0.222 e. The molecule has 7 nitrogen and oxygen atoms in total. The predicted molar refractivity (Wildman–Crippen MR) is 127 cm³/mol. The first-order valence-electron chi connectivity index (χ1n) is 10.3. The molecule has 1 saturated heterocycles. The van der Waals surface area contributed by atoms with Crippen molar-refractivity contribution in [1.82, 2.24) is 19.9 Å². The van der Waals surface area contributed by atoms with Crippen LogP contribution in [0.25, 0.3) is 0 Å². The van der Waals surface area contributed by atoms with Crippen LogP contribution >= 0.6 is 22.9 Å². The Balaban J connectivity index is 1.58. The van der Waals surface area contributed by atoms with E-state index in [-0.39, 0.29) is 11.4 Å². The van der Waals surface area contributed by atoms with Gasteiger partial charge in [-0.1, -0.05) is 29.5 Å². The van der Waals surface area contributed by atoms with Crippen molar-refractivity contribution >= 4 is 40.4 Å². The number of thiazole rings is 1. The van der Waals surface area contributed by atoms with Gasteiger partial charge in [0, 0.05) is 41.3 Å². The average Bonchev–Trinajstić information content (AvgIpc) is 3.49. The monoisotopic (exact) mass is 466 g/mol. The van der Waals surface area contributed by atoms with Crippen molar-refractivity contribution in [3.05, 3.63) is 57.1 Å². The molecule has 2 aromatic heterocycles. The molecular weight excluding hydrogens is 444 g/mol. The Hall–Kier alpha value is -2.70. The van der Waals surface area contributed by atoms with E-state index in [1.165, 1.54) is 16.9 Å². The first-order valence-corrected chi connectivity index (χ1v) is 11.6. The molecule has 1 fully saturated rings. The molecule has 1 spiro atoms. The molecule has 2 aliphatic rings. The Kier molecular flexibility index (Phi) is 5.10. The van der Waals surface area contributed by atoms with Crippen LogP contribution in [0.3, 0.4) is 0 Å². The van der Waals surface area contributed by atoms with Gasteiger partial charge in [-0.15, -0.1) is 11.3 Å². The van der Waals surface area contributed by atoms with Crippen LogP contribution in [0.2, 0.25) is 5.02 Å². The number of benzene rings is 1. The van der Waals surface area contributed by atoms with E-state index in [0.717, 1.165) is 37.3 Å². The minimum absolute atomic E-state index is 0.00847. The van der Waals surface area contributed by atoms with Crippen molar-refractivity contribution in [2.24, 2.45) is 0 Å². The van der Waals surface area contributed by atoms with E-state index in [2.05, 4.69) is 49.7 Å². The van der Waals surface area contributed by atoms with E-state index < -0.39 is 5.60 Å². The van der Waals surface area contributed by atoms with E-state index in [1.807, 2.05) is 17.5 Å². The molecule has 5 rings (SSSR count). The summed E-state index contributed by atoms with van der Waals surface area (Å²) in [4.78, 5) is 17.1. The summed E-state index contributed by atoms with van der Waals surface area (Å²) in [6.45, 7) is 4.41. The van der Waals surface area contributed by atoms with E-state index in [0.29, 0.717) is 15.8 Å². The highest BCUT2D eigenvalue weighted by molar-refractivity contribution is 7.09. The second-order valence-corrected chi connectivity index (χ2v) is 9.95. The number of nitrogens with zero attached hydrogens (tertiary/aromatic N) is 5. The van der Waals surface area contributed by atoms with Gasteiger partial charge in [0.15, 0.2) is 11.4 Å². The van der Waals surface area contributed by atoms with Crippen molar-refractivity contribution in [2.75, 3.05) is 37.3 Å². The maximum atomic E-state index is 10.7. The third-order valence-electron chi connectivity index (χ3n) is 6.16. The molecule has 0 aliphatic carbocycles. The van der Waals surface area contributed by atoms with Gasteiger partial charge in [0.05, 0.1) is 6.20 Å². The summed E-state index contributed by atoms with van der Waals surface area (Å²) in [5, 5.41) is 13.6. The Labute approximate surface area is 195 Å². The second kappa shape index (κ2) is 7.71. The number of nitrogen functional groups attached to an aromatic ring is 1. The molecule has 164 valence electrons. The van der Waals surface area contributed by atoms with Gasteiger partial charge in [-0.25, -0.2) is 9.97 Å². The summed E-state index contributed by atoms with van der Waals surface area (Å²) in [7, 11) is 2.15. The second-order valence-electron chi connectivity index (χ2n) is 8.65. The Morgan fingerprint density at radius 1 is 1.31 bits per heavy atom. The van der Waals surface area contributed by atoms with Gasteiger partial charge in [-0.2, -0.15) is 4.98 Å². The highest BCUT2D eigenvalue weighted by Crippen LogP contribution is 2.49. The number of halogens is 1. The Morgan fingerprint density at radius 3 is 2.88 bits per heavy atom. The van der Waals surface area contributed by atoms with E-state index in [9.17, 15) is 5.11 Å². The molecule has 0 bridgehead atoms. The van der Waals surface area contributed by atoms with Crippen LogP contribution < -0.4 is 10.6 Å². The molecule has 3 aromatic rings. The number of nitrogens with two attached hydrogens (primary N) is 1. The van der Waals surface area contributed by atoms with Crippen molar-refractivity contribution in [1.29, 1.82) is 0 Å². The molecule has 2 atom stereocenters. The van der Waals surface area contributed by atoms with Gasteiger partial charge >= 0.3 is 0 Å². The topological polar surface area (TPSA) is 91.4 Å². The van der Waals surface area contributed by atoms with Gasteiger partial charge in [-0.05, 0) is 44.6 Å². The lowest BCUT2D eigenvalue weighted by Gasteiger charge is -2.25. The van der Waals surface area contributed by atoms with Crippen LogP contribution in [0.4, 0.5) is 17.5 Å². The van der Waals surface area contributed by atoms with Crippen molar-refractivity contribution in [2.45, 2.75) is 24.4 Å². The first-order chi connectivity index (χ1) is 15.3. The van der Waals surface area contributed by atoms with Gasteiger partial charge in [0.1, 0.15) is 10.0 Å². The number of anilines is 3. The van der Waals surface area contributed by atoms with Crippen molar-refractivity contribution in [3.63, 3.8) is 0 Å². The van der Waals surface area contributed by atoms with Crippen LogP contribution in [-0.2, 0) is 11.0 Å². The lowest BCUT2D eigenvalue weighted by molar-refractivity contribution is 0.122. The number of rotatable bonds is 2. The lowest BCUT2D eigenvalue weighted by atomic mass is 9.81. The zero-order valence-electron chi connectivity index (χ0n) is 17.8. The molecule has 0 saturated carbocycles. The lowest BCUT2D eigenvalue weighted by Crippen LogP contribution is -2.34. The molecule has 0 amide bonds. The SMILES string of the molecule is CN1CC[C@]2(C1)CN(c1nc(N)ncc1Cl)c1cc(C#C[C@@](C)(O)c3nccs3)ccc12. The largest absolute Gasteiger partial charge is 0.371 e. The van der Waals surface area contributed by atoms with E-state index >= 15 is 0 Å². The number of aromatic nitrogens is 3. The minimum Gasteiger partial charge on any atom is -0.371 e. The van der Waals surface area contributed by atoms with Gasteiger partial charge in [-0.3, -0.25) is 0 Å². The summed E-state index contributed by atoms with van der Waals surface area (Å²) in [5.74, 6) is 6.88. The van der Waals surface area contributed by atoms with Gasteiger partial charge in [0.2, 0.25) is 5.95 Å². The number of aliphatic hydroxyl groups is 1. The Morgan fingerprint density at radius 2 is 2.16 bits per heavy atom. The summed E-state index contributed by atoms with van der Waals surface area (Å²) < 4.78 is 0.